The normalized spacial score (nSPS) is 20.6. The van der Waals surface area contributed by atoms with Gasteiger partial charge in [-0.1, -0.05) is 5.16 Å². The van der Waals surface area contributed by atoms with Crippen molar-refractivity contribution in [2.75, 3.05) is 57.9 Å². The van der Waals surface area contributed by atoms with Crippen molar-refractivity contribution in [2.45, 2.75) is 12.8 Å². The lowest BCUT2D eigenvalue weighted by Crippen LogP contribution is -2.45. The molecule has 2 saturated heterocycles. The van der Waals surface area contributed by atoms with Gasteiger partial charge in [0.1, 0.15) is 5.75 Å². The second-order valence-corrected chi connectivity index (χ2v) is 7.61. The molecule has 2 aliphatic heterocycles. The first-order valence-electron chi connectivity index (χ1n) is 10.1. The van der Waals surface area contributed by atoms with Crippen molar-refractivity contribution in [3.05, 3.63) is 29.8 Å². The monoisotopic (exact) mass is 401 g/mol. The summed E-state index contributed by atoms with van der Waals surface area (Å²) >= 11 is 0. The zero-order chi connectivity index (χ0) is 20.2. The predicted molar refractivity (Wildman–Crippen MR) is 108 cm³/mol. The van der Waals surface area contributed by atoms with E-state index in [2.05, 4.69) is 15.0 Å². The van der Waals surface area contributed by atoms with E-state index < -0.39 is 5.97 Å². The Morgan fingerprint density at radius 1 is 1.24 bits per heavy atom. The highest BCUT2D eigenvalue weighted by Gasteiger charge is 2.31. The maximum absolute atomic E-state index is 12.1. The van der Waals surface area contributed by atoms with Crippen molar-refractivity contribution in [1.82, 2.24) is 10.1 Å². The Morgan fingerprint density at radius 3 is 2.69 bits per heavy atom. The van der Waals surface area contributed by atoms with Crippen molar-refractivity contribution in [3.8, 4) is 17.1 Å². The molecule has 2 aromatic rings. The number of anilines is 1. The van der Waals surface area contributed by atoms with E-state index in [1.54, 1.807) is 31.4 Å². The number of morpholine rings is 1. The number of nitrogens with zero attached hydrogens (tertiary/aromatic N) is 3. The van der Waals surface area contributed by atoms with Gasteiger partial charge >= 0.3 is 5.97 Å². The summed E-state index contributed by atoms with van der Waals surface area (Å²) in [5.41, 5.74) is 0.797. The van der Waals surface area contributed by atoms with Crippen LogP contribution in [0.5, 0.6) is 5.75 Å². The van der Waals surface area contributed by atoms with Crippen LogP contribution in [0.1, 0.15) is 23.2 Å². The number of hydrogen-bond acceptors (Lipinski definition) is 7. The van der Waals surface area contributed by atoms with E-state index >= 15 is 0 Å². The molecule has 0 aliphatic carbocycles. The van der Waals surface area contributed by atoms with Gasteiger partial charge in [-0.15, -0.1) is 0 Å². The quantitative estimate of drug-likeness (QED) is 0.790. The number of ether oxygens (including phenoxy) is 2. The highest BCUT2D eigenvalue weighted by atomic mass is 16.5. The highest BCUT2D eigenvalue weighted by Crippen LogP contribution is 2.34. The van der Waals surface area contributed by atoms with Crippen LogP contribution in [0.4, 0.5) is 5.82 Å². The van der Waals surface area contributed by atoms with Crippen LogP contribution in [-0.4, -0.2) is 74.2 Å². The number of carboxylic acids is 1. The number of aromatic nitrogens is 1. The fourth-order valence-electron chi connectivity index (χ4n) is 4.19. The van der Waals surface area contributed by atoms with Gasteiger partial charge in [-0.05, 0) is 43.0 Å². The van der Waals surface area contributed by atoms with Crippen LogP contribution in [0.15, 0.2) is 28.8 Å². The van der Waals surface area contributed by atoms with Crippen molar-refractivity contribution < 1.29 is 23.9 Å². The number of carboxylic acid groups (broad SMARTS) is 1. The van der Waals surface area contributed by atoms with Crippen LogP contribution in [0, 0.1) is 5.92 Å². The summed E-state index contributed by atoms with van der Waals surface area (Å²) in [6.07, 6.45) is 2.15. The van der Waals surface area contributed by atoms with Crippen molar-refractivity contribution in [2.24, 2.45) is 5.92 Å². The second kappa shape index (κ2) is 8.84. The van der Waals surface area contributed by atoms with Gasteiger partial charge in [0.15, 0.2) is 17.1 Å². The first kappa shape index (κ1) is 19.7. The number of rotatable bonds is 6. The molecule has 8 heteroatoms. The first-order valence-corrected chi connectivity index (χ1v) is 10.1. The third-order valence-electron chi connectivity index (χ3n) is 5.68. The smallest absolute Gasteiger partial charge is 0.343 e. The molecule has 1 aromatic carbocycles. The Balaban J connectivity index is 1.54. The molecule has 0 spiro atoms. The number of methoxy groups -OCH3 is 1. The van der Waals surface area contributed by atoms with E-state index in [-0.39, 0.29) is 11.3 Å². The van der Waals surface area contributed by atoms with Crippen LogP contribution in [0.25, 0.3) is 11.3 Å². The zero-order valence-corrected chi connectivity index (χ0v) is 16.7. The third kappa shape index (κ3) is 4.38. The SMILES string of the molecule is COc1ccc(-c2onc(N3CCCC(CN4CCOCC4)C3)c2C(=O)O)cc1. The van der Waals surface area contributed by atoms with Crippen molar-refractivity contribution in [3.63, 3.8) is 0 Å². The van der Waals surface area contributed by atoms with Crippen LogP contribution in [0.3, 0.4) is 0 Å². The molecule has 1 atom stereocenters. The molecule has 4 rings (SSSR count). The summed E-state index contributed by atoms with van der Waals surface area (Å²) in [5.74, 6) is 0.861. The molecule has 0 bridgehead atoms. The van der Waals surface area contributed by atoms with E-state index in [0.717, 1.165) is 58.8 Å². The van der Waals surface area contributed by atoms with E-state index in [1.165, 1.54) is 0 Å². The maximum atomic E-state index is 12.1. The molecule has 1 unspecified atom stereocenters. The zero-order valence-electron chi connectivity index (χ0n) is 16.7. The van der Waals surface area contributed by atoms with E-state index in [0.29, 0.717) is 23.0 Å². The van der Waals surface area contributed by atoms with Crippen LogP contribution in [-0.2, 0) is 4.74 Å². The van der Waals surface area contributed by atoms with Crippen LogP contribution >= 0.6 is 0 Å². The van der Waals surface area contributed by atoms with Gasteiger partial charge in [-0.25, -0.2) is 4.79 Å². The molecule has 2 aliphatic rings. The minimum atomic E-state index is -1.03. The molecule has 0 amide bonds. The lowest BCUT2D eigenvalue weighted by atomic mass is 9.96. The average molecular weight is 401 g/mol. The number of carbonyl (C=O) groups is 1. The minimum Gasteiger partial charge on any atom is -0.497 e. The van der Waals surface area contributed by atoms with Gasteiger partial charge in [0.25, 0.3) is 0 Å². The van der Waals surface area contributed by atoms with Crippen LogP contribution < -0.4 is 9.64 Å². The van der Waals surface area contributed by atoms with Gasteiger partial charge < -0.3 is 24.0 Å². The lowest BCUT2D eigenvalue weighted by molar-refractivity contribution is 0.0296. The van der Waals surface area contributed by atoms with Crippen molar-refractivity contribution >= 4 is 11.8 Å². The fourth-order valence-corrected chi connectivity index (χ4v) is 4.19. The Labute approximate surface area is 170 Å². The largest absolute Gasteiger partial charge is 0.497 e. The van der Waals surface area contributed by atoms with Crippen LogP contribution in [0.2, 0.25) is 0 Å². The molecule has 1 aromatic heterocycles. The van der Waals surface area contributed by atoms with Gasteiger partial charge in [-0.2, -0.15) is 0 Å². The summed E-state index contributed by atoms with van der Waals surface area (Å²) in [7, 11) is 1.59. The molecule has 0 radical (unpaired) electrons. The summed E-state index contributed by atoms with van der Waals surface area (Å²) < 4.78 is 16.1. The summed E-state index contributed by atoms with van der Waals surface area (Å²) in [6, 6.07) is 7.13. The Morgan fingerprint density at radius 2 is 2.00 bits per heavy atom. The van der Waals surface area contributed by atoms with Crippen molar-refractivity contribution in [1.29, 1.82) is 0 Å². The molecule has 0 saturated carbocycles. The lowest BCUT2D eigenvalue weighted by Gasteiger charge is -2.36. The standard InChI is InChI=1S/C21H27N3O5/c1-27-17-6-4-16(5-7-17)19-18(21(25)26)20(22-29-19)24-8-2-3-15(14-24)13-23-9-11-28-12-10-23/h4-7,15H,2-3,8-14H2,1H3,(H,25,26). The molecule has 3 heterocycles. The number of piperidine rings is 1. The third-order valence-corrected chi connectivity index (χ3v) is 5.68. The number of benzene rings is 1. The van der Waals surface area contributed by atoms with E-state index in [9.17, 15) is 9.90 Å². The topological polar surface area (TPSA) is 88.3 Å². The second-order valence-electron chi connectivity index (χ2n) is 7.61. The first-order chi connectivity index (χ1) is 14.2. The molecular formula is C21H27N3O5. The molecule has 1 N–H and O–H groups in total. The molecule has 29 heavy (non-hydrogen) atoms. The summed E-state index contributed by atoms with van der Waals surface area (Å²) in [4.78, 5) is 16.6. The van der Waals surface area contributed by atoms with E-state index in [4.69, 9.17) is 14.0 Å². The molecule has 2 fully saturated rings. The van der Waals surface area contributed by atoms with Gasteiger partial charge in [0.05, 0.1) is 20.3 Å². The van der Waals surface area contributed by atoms with Gasteiger partial charge in [-0.3, -0.25) is 4.90 Å². The molecule has 156 valence electrons. The van der Waals surface area contributed by atoms with E-state index in [1.807, 2.05) is 0 Å². The Hall–Kier alpha value is -2.58. The Kier molecular flexibility index (Phi) is 6.01. The number of hydrogen-bond donors (Lipinski definition) is 1. The molecular weight excluding hydrogens is 374 g/mol. The predicted octanol–water partition coefficient (Wildman–Crippen LogP) is 2.60. The summed E-state index contributed by atoms with van der Waals surface area (Å²) in [6.45, 7) is 6.07. The van der Waals surface area contributed by atoms with Gasteiger partial charge in [0.2, 0.25) is 0 Å². The van der Waals surface area contributed by atoms with Gasteiger partial charge in [0, 0.05) is 38.3 Å². The Bertz CT molecular complexity index is 829. The summed E-state index contributed by atoms with van der Waals surface area (Å²) in [5, 5.41) is 14.0. The maximum Gasteiger partial charge on any atom is 0.343 e. The number of aromatic carboxylic acids is 1. The minimum absolute atomic E-state index is 0.127. The molecule has 8 nitrogen and oxygen atoms in total. The average Bonchev–Trinajstić information content (AvgIpc) is 3.20. The fraction of sp³-hybridized carbons (Fsp3) is 0.524. The highest BCUT2D eigenvalue weighted by molar-refractivity contribution is 5.99.